The quantitative estimate of drug-likeness (QED) is 0.864. The molecular formula is C22H27N3O2. The molecular weight excluding hydrogens is 338 g/mol. The summed E-state index contributed by atoms with van der Waals surface area (Å²) in [6.07, 6.45) is 1.64. The first kappa shape index (κ1) is 19.0. The van der Waals surface area contributed by atoms with Crippen molar-refractivity contribution < 1.29 is 9.59 Å². The first-order valence-electron chi connectivity index (χ1n) is 9.48. The summed E-state index contributed by atoms with van der Waals surface area (Å²) in [7, 11) is 0. The number of anilines is 1. The Morgan fingerprint density at radius 3 is 2.63 bits per heavy atom. The Balaban J connectivity index is 1.56. The number of amides is 3. The number of hydrogen-bond acceptors (Lipinski definition) is 2. The zero-order valence-electron chi connectivity index (χ0n) is 16.0. The van der Waals surface area contributed by atoms with Gasteiger partial charge >= 0.3 is 6.03 Å². The molecule has 1 atom stereocenters. The molecule has 5 heteroatoms. The van der Waals surface area contributed by atoms with Crippen LogP contribution in [-0.2, 0) is 11.3 Å². The van der Waals surface area contributed by atoms with Gasteiger partial charge in [0.25, 0.3) is 0 Å². The molecule has 0 radical (unpaired) electrons. The van der Waals surface area contributed by atoms with Crippen LogP contribution in [0.1, 0.15) is 29.5 Å². The van der Waals surface area contributed by atoms with Crippen molar-refractivity contribution >= 4 is 17.6 Å². The lowest BCUT2D eigenvalue weighted by molar-refractivity contribution is -0.121. The first-order valence-corrected chi connectivity index (χ1v) is 9.48. The van der Waals surface area contributed by atoms with Crippen LogP contribution in [0.4, 0.5) is 10.5 Å². The maximum atomic E-state index is 12.7. The molecule has 1 aliphatic heterocycles. The van der Waals surface area contributed by atoms with Crippen LogP contribution in [0.15, 0.2) is 48.5 Å². The number of likely N-dealkylation sites (tertiary alicyclic amines) is 1. The summed E-state index contributed by atoms with van der Waals surface area (Å²) in [4.78, 5) is 26.9. The van der Waals surface area contributed by atoms with Gasteiger partial charge in [0.1, 0.15) is 0 Å². The molecule has 1 aliphatic rings. The number of nitrogens with zero attached hydrogens (tertiary/aromatic N) is 1. The van der Waals surface area contributed by atoms with Crippen LogP contribution in [0.3, 0.4) is 0 Å². The second kappa shape index (κ2) is 8.71. The molecule has 2 aromatic carbocycles. The summed E-state index contributed by atoms with van der Waals surface area (Å²) in [6.45, 7) is 5.68. The molecule has 0 aliphatic carbocycles. The number of piperidine rings is 1. The third kappa shape index (κ3) is 4.88. The zero-order chi connectivity index (χ0) is 19.2. The van der Waals surface area contributed by atoms with Crippen LogP contribution in [-0.4, -0.2) is 29.9 Å². The summed E-state index contributed by atoms with van der Waals surface area (Å²) < 4.78 is 0. The van der Waals surface area contributed by atoms with Crippen molar-refractivity contribution in [3.63, 3.8) is 0 Å². The minimum absolute atomic E-state index is 0.00995. The number of nitrogens with one attached hydrogen (secondary N) is 2. The Kier molecular flexibility index (Phi) is 6.12. The van der Waals surface area contributed by atoms with E-state index in [-0.39, 0.29) is 17.9 Å². The van der Waals surface area contributed by atoms with Crippen LogP contribution < -0.4 is 10.6 Å². The van der Waals surface area contributed by atoms with E-state index in [1.54, 1.807) is 4.90 Å². The molecule has 142 valence electrons. The van der Waals surface area contributed by atoms with Crippen molar-refractivity contribution in [3.8, 4) is 0 Å². The SMILES string of the molecule is Cc1cccc(NC(=O)[C@H]2CCCN(C(=O)NCc3ccccc3)C2)c1C. The van der Waals surface area contributed by atoms with Gasteiger partial charge in [0, 0.05) is 25.3 Å². The summed E-state index contributed by atoms with van der Waals surface area (Å²) in [5, 5.41) is 5.99. The number of carbonyl (C=O) groups is 2. The first-order chi connectivity index (χ1) is 13.0. The topological polar surface area (TPSA) is 61.4 Å². The molecule has 0 aromatic heterocycles. The Morgan fingerprint density at radius 1 is 1.07 bits per heavy atom. The monoisotopic (exact) mass is 365 g/mol. The van der Waals surface area contributed by atoms with Crippen molar-refractivity contribution in [3.05, 3.63) is 65.2 Å². The van der Waals surface area contributed by atoms with Crippen LogP contribution in [0.5, 0.6) is 0 Å². The molecule has 3 amide bonds. The van der Waals surface area contributed by atoms with Crippen LogP contribution >= 0.6 is 0 Å². The predicted molar refractivity (Wildman–Crippen MR) is 108 cm³/mol. The van der Waals surface area contributed by atoms with Crippen LogP contribution in [0.25, 0.3) is 0 Å². The number of benzene rings is 2. The van der Waals surface area contributed by atoms with E-state index < -0.39 is 0 Å². The Morgan fingerprint density at radius 2 is 1.85 bits per heavy atom. The van der Waals surface area contributed by atoms with Crippen molar-refractivity contribution in [1.29, 1.82) is 0 Å². The second-order valence-electron chi connectivity index (χ2n) is 7.17. The zero-order valence-corrected chi connectivity index (χ0v) is 16.0. The fourth-order valence-corrected chi connectivity index (χ4v) is 3.38. The molecule has 5 nitrogen and oxygen atoms in total. The Hall–Kier alpha value is -2.82. The van der Waals surface area contributed by atoms with Gasteiger partial charge in [-0.25, -0.2) is 4.79 Å². The molecule has 2 N–H and O–H groups in total. The highest BCUT2D eigenvalue weighted by molar-refractivity contribution is 5.94. The Bertz CT molecular complexity index is 804. The van der Waals surface area contributed by atoms with Crippen LogP contribution in [0.2, 0.25) is 0 Å². The lowest BCUT2D eigenvalue weighted by Gasteiger charge is -2.32. The van der Waals surface area contributed by atoms with Gasteiger partial charge in [0.2, 0.25) is 5.91 Å². The van der Waals surface area contributed by atoms with Gasteiger partial charge in [0.15, 0.2) is 0 Å². The maximum Gasteiger partial charge on any atom is 0.317 e. The van der Waals surface area contributed by atoms with E-state index in [9.17, 15) is 9.59 Å². The number of rotatable bonds is 4. The largest absolute Gasteiger partial charge is 0.334 e. The van der Waals surface area contributed by atoms with E-state index in [0.717, 1.165) is 35.2 Å². The van der Waals surface area contributed by atoms with Crippen LogP contribution in [0, 0.1) is 19.8 Å². The van der Waals surface area contributed by atoms with E-state index >= 15 is 0 Å². The van der Waals surface area contributed by atoms with Crippen molar-refractivity contribution in [2.75, 3.05) is 18.4 Å². The summed E-state index contributed by atoms with van der Waals surface area (Å²) in [5.41, 5.74) is 4.15. The summed E-state index contributed by atoms with van der Waals surface area (Å²) in [6, 6.07) is 15.6. The summed E-state index contributed by atoms with van der Waals surface area (Å²) >= 11 is 0. The molecule has 3 rings (SSSR count). The predicted octanol–water partition coefficient (Wildman–Crippen LogP) is 3.86. The number of carbonyl (C=O) groups excluding carboxylic acids is 2. The molecule has 0 bridgehead atoms. The van der Waals surface area contributed by atoms with Gasteiger partial charge in [-0.2, -0.15) is 0 Å². The minimum Gasteiger partial charge on any atom is -0.334 e. The third-order valence-electron chi connectivity index (χ3n) is 5.23. The van der Waals surface area contributed by atoms with Crippen molar-refractivity contribution in [2.24, 2.45) is 5.92 Å². The standard InChI is InChI=1S/C22H27N3O2/c1-16-8-6-12-20(17(16)2)24-21(26)19-11-7-13-25(15-19)22(27)23-14-18-9-4-3-5-10-18/h3-6,8-10,12,19H,7,11,13-15H2,1-2H3,(H,23,27)(H,24,26)/t19-/m0/s1. The number of urea groups is 1. The number of hydrogen-bond donors (Lipinski definition) is 2. The van der Waals surface area contributed by atoms with Gasteiger partial charge in [0.05, 0.1) is 5.92 Å². The maximum absolute atomic E-state index is 12.7. The molecule has 0 saturated carbocycles. The van der Waals surface area contributed by atoms with E-state index in [1.807, 2.05) is 62.4 Å². The second-order valence-corrected chi connectivity index (χ2v) is 7.17. The molecule has 27 heavy (non-hydrogen) atoms. The molecule has 0 spiro atoms. The lowest BCUT2D eigenvalue weighted by Crippen LogP contribution is -2.47. The van der Waals surface area contributed by atoms with E-state index in [4.69, 9.17) is 0 Å². The highest BCUT2D eigenvalue weighted by Gasteiger charge is 2.28. The number of aryl methyl sites for hydroxylation is 1. The average Bonchev–Trinajstić information content (AvgIpc) is 2.70. The van der Waals surface area contributed by atoms with Crippen molar-refractivity contribution in [2.45, 2.75) is 33.2 Å². The smallest absolute Gasteiger partial charge is 0.317 e. The fraction of sp³-hybridized carbons (Fsp3) is 0.364. The molecule has 0 unspecified atom stereocenters. The van der Waals surface area contributed by atoms with Gasteiger partial charge in [-0.05, 0) is 49.4 Å². The lowest BCUT2D eigenvalue weighted by atomic mass is 9.97. The van der Waals surface area contributed by atoms with E-state index in [2.05, 4.69) is 10.6 Å². The van der Waals surface area contributed by atoms with Crippen molar-refractivity contribution in [1.82, 2.24) is 10.2 Å². The highest BCUT2D eigenvalue weighted by Crippen LogP contribution is 2.22. The van der Waals surface area contributed by atoms with Gasteiger partial charge < -0.3 is 15.5 Å². The van der Waals surface area contributed by atoms with E-state index in [1.165, 1.54) is 0 Å². The fourth-order valence-electron chi connectivity index (χ4n) is 3.38. The normalized spacial score (nSPS) is 16.7. The highest BCUT2D eigenvalue weighted by atomic mass is 16.2. The van der Waals surface area contributed by atoms with Gasteiger partial charge in [-0.3, -0.25) is 4.79 Å². The minimum atomic E-state index is -0.180. The third-order valence-corrected chi connectivity index (χ3v) is 5.23. The summed E-state index contributed by atoms with van der Waals surface area (Å²) in [5.74, 6) is -0.189. The average molecular weight is 365 g/mol. The molecule has 2 aromatic rings. The van der Waals surface area contributed by atoms with E-state index in [0.29, 0.717) is 19.6 Å². The molecule has 1 fully saturated rings. The molecule has 1 heterocycles. The van der Waals surface area contributed by atoms with Gasteiger partial charge in [-0.15, -0.1) is 0 Å². The van der Waals surface area contributed by atoms with Gasteiger partial charge in [-0.1, -0.05) is 42.5 Å². The molecule has 1 saturated heterocycles. The Labute approximate surface area is 160 Å².